The second-order valence-electron chi connectivity index (χ2n) is 6.38. The Bertz CT molecular complexity index is 777. The molecule has 0 saturated carbocycles. The number of ether oxygens (including phenoxy) is 1. The number of anilines is 1. The van der Waals surface area contributed by atoms with Gasteiger partial charge in [0.2, 0.25) is 0 Å². The minimum absolute atomic E-state index is 0.204. The van der Waals surface area contributed by atoms with Crippen molar-refractivity contribution in [1.29, 1.82) is 0 Å². The highest BCUT2D eigenvalue weighted by atomic mass is 35.5. The van der Waals surface area contributed by atoms with Crippen molar-refractivity contribution in [2.24, 2.45) is 0 Å². The molecule has 0 radical (unpaired) electrons. The van der Waals surface area contributed by atoms with Crippen LogP contribution in [0.2, 0.25) is 10.0 Å². The number of carbonyl (C=O) groups is 1. The van der Waals surface area contributed by atoms with E-state index < -0.39 is 0 Å². The molecule has 0 saturated heterocycles. The first-order valence-corrected chi connectivity index (χ1v) is 8.40. The van der Waals surface area contributed by atoms with E-state index in [2.05, 4.69) is 10.6 Å². The largest absolute Gasteiger partial charge is 0.487 e. The quantitative estimate of drug-likeness (QED) is 0.747. The lowest BCUT2D eigenvalue weighted by Gasteiger charge is -2.38. The van der Waals surface area contributed by atoms with E-state index in [0.717, 1.165) is 11.3 Å². The van der Waals surface area contributed by atoms with E-state index in [4.69, 9.17) is 27.9 Å². The maximum Gasteiger partial charge on any atom is 0.319 e. The van der Waals surface area contributed by atoms with Crippen LogP contribution in [-0.4, -0.2) is 11.6 Å². The van der Waals surface area contributed by atoms with Crippen molar-refractivity contribution in [2.45, 2.75) is 31.9 Å². The first-order chi connectivity index (χ1) is 11.3. The molecule has 2 aromatic rings. The molecule has 3 rings (SSSR count). The highest BCUT2D eigenvalue weighted by Crippen LogP contribution is 2.40. The zero-order chi connectivity index (χ0) is 17.3. The van der Waals surface area contributed by atoms with Gasteiger partial charge in [0, 0.05) is 17.0 Å². The van der Waals surface area contributed by atoms with Gasteiger partial charge in [0.1, 0.15) is 11.4 Å². The second-order valence-corrected chi connectivity index (χ2v) is 7.22. The summed E-state index contributed by atoms with van der Waals surface area (Å²) in [5.74, 6) is 0.735. The molecule has 1 atom stereocenters. The van der Waals surface area contributed by atoms with E-state index in [9.17, 15) is 4.79 Å². The van der Waals surface area contributed by atoms with Gasteiger partial charge in [0.15, 0.2) is 0 Å². The number of urea groups is 1. The number of fused-ring (bicyclic) bond motifs is 1. The fourth-order valence-corrected chi connectivity index (χ4v) is 3.20. The zero-order valence-electron chi connectivity index (χ0n) is 13.4. The fourth-order valence-electron chi connectivity index (χ4n) is 2.83. The molecule has 2 N–H and O–H groups in total. The molecule has 0 bridgehead atoms. The predicted octanol–water partition coefficient (Wildman–Crippen LogP) is 5.42. The van der Waals surface area contributed by atoms with Crippen LogP contribution in [0.5, 0.6) is 5.75 Å². The van der Waals surface area contributed by atoms with Gasteiger partial charge in [0.25, 0.3) is 0 Å². The Balaban J connectivity index is 1.80. The SMILES string of the molecule is CC1(C)C[C@@H](NC(=O)Nc2ccccc2Cl)c2cc(Cl)ccc2O1. The third kappa shape index (κ3) is 3.77. The van der Waals surface area contributed by atoms with Gasteiger partial charge in [-0.15, -0.1) is 0 Å². The Kier molecular flexibility index (Phi) is 4.61. The minimum atomic E-state index is -0.386. The summed E-state index contributed by atoms with van der Waals surface area (Å²) >= 11 is 12.2. The predicted molar refractivity (Wildman–Crippen MR) is 97.1 cm³/mol. The first-order valence-electron chi connectivity index (χ1n) is 7.64. The molecule has 0 aromatic heterocycles. The average molecular weight is 365 g/mol. The van der Waals surface area contributed by atoms with Crippen LogP contribution in [0.4, 0.5) is 10.5 Å². The summed E-state index contributed by atoms with van der Waals surface area (Å²) in [5.41, 5.74) is 1.05. The molecule has 1 aliphatic heterocycles. The monoisotopic (exact) mass is 364 g/mol. The summed E-state index contributed by atoms with van der Waals surface area (Å²) < 4.78 is 5.97. The normalized spacial score (nSPS) is 18.2. The summed E-state index contributed by atoms with van der Waals surface area (Å²) in [5, 5.41) is 6.86. The Morgan fingerprint density at radius 2 is 1.96 bits per heavy atom. The van der Waals surface area contributed by atoms with Crippen LogP contribution in [0.15, 0.2) is 42.5 Å². The van der Waals surface area contributed by atoms with Gasteiger partial charge in [-0.1, -0.05) is 35.3 Å². The lowest BCUT2D eigenvalue weighted by Crippen LogP contribution is -2.42. The molecule has 0 aliphatic carbocycles. The molecule has 6 heteroatoms. The standard InChI is InChI=1S/C18H18Cl2N2O2/c1-18(2)10-15(12-9-11(19)7-8-16(12)24-18)22-17(23)21-14-6-4-3-5-13(14)20/h3-9,15H,10H2,1-2H3,(H2,21,22,23)/t15-/m1/s1. The number of halogens is 2. The molecule has 0 fully saturated rings. The first kappa shape index (κ1) is 16.9. The van der Waals surface area contributed by atoms with Gasteiger partial charge in [-0.05, 0) is 44.2 Å². The van der Waals surface area contributed by atoms with E-state index in [1.54, 1.807) is 18.2 Å². The van der Waals surface area contributed by atoms with Gasteiger partial charge in [-0.3, -0.25) is 0 Å². The molecule has 4 nitrogen and oxygen atoms in total. The Morgan fingerprint density at radius 1 is 1.21 bits per heavy atom. The molecule has 2 amide bonds. The Morgan fingerprint density at radius 3 is 2.71 bits per heavy atom. The number of benzene rings is 2. The van der Waals surface area contributed by atoms with Crippen LogP contribution in [0.1, 0.15) is 31.9 Å². The summed E-state index contributed by atoms with van der Waals surface area (Å²) in [4.78, 5) is 12.4. The lowest BCUT2D eigenvalue weighted by atomic mass is 9.90. The summed E-state index contributed by atoms with van der Waals surface area (Å²) in [6, 6.07) is 12.0. The molecule has 126 valence electrons. The smallest absolute Gasteiger partial charge is 0.319 e. The number of hydrogen-bond acceptors (Lipinski definition) is 2. The maximum absolute atomic E-state index is 12.4. The summed E-state index contributed by atoms with van der Waals surface area (Å²) in [6.07, 6.45) is 0.635. The topological polar surface area (TPSA) is 50.4 Å². The second kappa shape index (κ2) is 6.54. The number of para-hydroxylation sites is 1. The maximum atomic E-state index is 12.4. The minimum Gasteiger partial charge on any atom is -0.487 e. The number of hydrogen-bond donors (Lipinski definition) is 2. The van der Waals surface area contributed by atoms with Crippen molar-refractivity contribution in [3.63, 3.8) is 0 Å². The van der Waals surface area contributed by atoms with Gasteiger partial charge >= 0.3 is 6.03 Å². The van der Waals surface area contributed by atoms with Crippen molar-refractivity contribution < 1.29 is 9.53 Å². The van der Waals surface area contributed by atoms with Crippen LogP contribution < -0.4 is 15.4 Å². The number of rotatable bonds is 2. The van der Waals surface area contributed by atoms with Crippen LogP contribution >= 0.6 is 23.2 Å². The van der Waals surface area contributed by atoms with Crippen molar-refractivity contribution in [3.8, 4) is 5.75 Å². The van der Waals surface area contributed by atoms with E-state index in [1.165, 1.54) is 0 Å². The van der Waals surface area contributed by atoms with Gasteiger partial charge in [-0.25, -0.2) is 4.79 Å². The summed E-state index contributed by atoms with van der Waals surface area (Å²) in [7, 11) is 0. The molecule has 2 aromatic carbocycles. The Hall–Kier alpha value is -1.91. The van der Waals surface area contributed by atoms with E-state index in [1.807, 2.05) is 38.1 Å². The van der Waals surface area contributed by atoms with Crippen LogP contribution in [0.25, 0.3) is 0 Å². The molecule has 1 aliphatic rings. The van der Waals surface area contributed by atoms with E-state index in [0.29, 0.717) is 22.2 Å². The highest BCUT2D eigenvalue weighted by Gasteiger charge is 2.34. The number of nitrogens with one attached hydrogen (secondary N) is 2. The van der Waals surface area contributed by atoms with Crippen molar-refractivity contribution >= 4 is 34.9 Å². The van der Waals surface area contributed by atoms with Crippen molar-refractivity contribution in [3.05, 3.63) is 58.1 Å². The molecule has 1 heterocycles. The van der Waals surface area contributed by atoms with Crippen molar-refractivity contribution in [1.82, 2.24) is 5.32 Å². The highest BCUT2D eigenvalue weighted by molar-refractivity contribution is 6.33. The molecule has 0 unspecified atom stereocenters. The van der Waals surface area contributed by atoms with E-state index >= 15 is 0 Å². The number of carbonyl (C=O) groups excluding carboxylic acids is 1. The van der Waals surface area contributed by atoms with Gasteiger partial charge < -0.3 is 15.4 Å². The van der Waals surface area contributed by atoms with Gasteiger partial charge in [0.05, 0.1) is 16.8 Å². The van der Waals surface area contributed by atoms with Crippen LogP contribution in [0.3, 0.4) is 0 Å². The average Bonchev–Trinajstić information content (AvgIpc) is 2.49. The molecule has 0 spiro atoms. The third-order valence-corrected chi connectivity index (χ3v) is 4.42. The van der Waals surface area contributed by atoms with Crippen molar-refractivity contribution in [2.75, 3.05) is 5.32 Å². The fraction of sp³-hybridized carbons (Fsp3) is 0.278. The van der Waals surface area contributed by atoms with Crippen LogP contribution in [-0.2, 0) is 0 Å². The zero-order valence-corrected chi connectivity index (χ0v) is 14.9. The molecule has 24 heavy (non-hydrogen) atoms. The summed E-state index contributed by atoms with van der Waals surface area (Å²) in [6.45, 7) is 3.98. The van der Waals surface area contributed by atoms with Gasteiger partial charge in [-0.2, -0.15) is 0 Å². The number of amides is 2. The molecular weight excluding hydrogens is 347 g/mol. The van der Waals surface area contributed by atoms with E-state index in [-0.39, 0.29) is 17.7 Å². The molecular formula is C18H18Cl2N2O2. The van der Waals surface area contributed by atoms with Crippen LogP contribution in [0, 0.1) is 0 Å². The Labute approximate surface area is 151 Å². The third-order valence-electron chi connectivity index (χ3n) is 3.86. The lowest BCUT2D eigenvalue weighted by molar-refractivity contribution is 0.0683.